The van der Waals surface area contributed by atoms with E-state index in [0.29, 0.717) is 70.6 Å². The number of unbranched alkanes of at least 4 members (excludes halogenated alkanes) is 2. The molecule has 0 unspecified atom stereocenters. The number of para-hydroxylation sites is 2. The predicted molar refractivity (Wildman–Crippen MR) is 491 cm³/mol. The van der Waals surface area contributed by atoms with Crippen molar-refractivity contribution in [3.63, 3.8) is 0 Å². The van der Waals surface area contributed by atoms with E-state index in [1.165, 1.54) is 37.0 Å². The van der Waals surface area contributed by atoms with Crippen molar-refractivity contribution in [3.05, 3.63) is 108 Å². The average molecular weight is 1900 g/mol. The maximum absolute atomic E-state index is 15.9. The smallest absolute Gasteiger partial charge is 0.323 e. The Labute approximate surface area is 785 Å². The highest BCUT2D eigenvalue weighted by atomic mass is 19.1. The fourth-order valence-corrected chi connectivity index (χ4v) is 17.9. The SMILES string of the molecule is CCCC[C@H]1C(=O)N(C)[C@@H](CCCC)C(=O)N[C@@H](CC(C)C)C(=O)N[C@H](C(N)=O)CNCC(=O)N[C@@H](Cc2ccc(F)cc2)C(=O)N2CCCC[C@H]2C(=O)N[C@@H](CC(=O)O)C(=O)N2CCC[C@H]2C(=O)N[C@@H](CCC(N)=O)C(=O)N[C@@H](CC(C)C)C(=O)N2C[C@H](O)C[C@H]2C(=O)N[C@@H](Cc2c[nH]c3ccccc23)C(=O)N[C@@H](CC(N)=O)C(=O)N[C@@H](Cc2cn(CC(=O)O)c3ccccc23)C(=O)N1C. The fraction of sp³-hybridized carbons (Fsp3) is 0.559. The number of H-pyrrole nitrogens is 1. The van der Waals surface area contributed by atoms with E-state index in [1.807, 2.05) is 13.8 Å². The topological polar surface area (TPSA) is 620 Å². The monoisotopic (exact) mass is 1900 g/mol. The first-order valence-electron chi connectivity index (χ1n) is 46.3. The van der Waals surface area contributed by atoms with Crippen LogP contribution in [-0.4, -0.2) is 299 Å². The molecule has 9 rings (SSSR count). The van der Waals surface area contributed by atoms with Crippen LogP contribution in [0.25, 0.3) is 21.8 Å². The van der Waals surface area contributed by atoms with Crippen molar-refractivity contribution in [2.24, 2.45) is 29.0 Å². The van der Waals surface area contributed by atoms with Gasteiger partial charge in [0.1, 0.15) is 96.9 Å². The average Bonchev–Trinajstić information content (AvgIpc) is 1.64. The fourth-order valence-electron chi connectivity index (χ4n) is 17.9. The molecule has 0 saturated carbocycles. The molecule has 740 valence electrons. The molecule has 0 radical (unpaired) electrons. The number of halogens is 1. The second-order valence-electron chi connectivity index (χ2n) is 36.3. The van der Waals surface area contributed by atoms with Crippen molar-refractivity contribution >= 4 is 134 Å². The van der Waals surface area contributed by atoms with Gasteiger partial charge in [-0.05, 0) is 117 Å². The quantitative estimate of drug-likeness (QED) is 0.0312. The number of nitrogens with one attached hydrogen (secondary N) is 11. The van der Waals surface area contributed by atoms with E-state index in [-0.39, 0.29) is 83.2 Å². The van der Waals surface area contributed by atoms with E-state index in [1.54, 1.807) is 82.4 Å². The molecule has 4 aliphatic rings. The first-order chi connectivity index (χ1) is 64.6. The Bertz CT molecular complexity index is 5200. The summed E-state index contributed by atoms with van der Waals surface area (Å²) in [6.45, 7) is 7.88. The normalized spacial score (nSPS) is 25.2. The van der Waals surface area contributed by atoms with Gasteiger partial charge in [-0.2, -0.15) is 0 Å². The number of nitrogens with two attached hydrogens (primary N) is 3. The van der Waals surface area contributed by atoms with E-state index in [9.17, 15) is 72.4 Å². The summed E-state index contributed by atoms with van der Waals surface area (Å²) in [6.07, 6.45) is -1.31. The number of piperidine rings is 1. The van der Waals surface area contributed by atoms with Gasteiger partial charge in [0.2, 0.25) is 100 Å². The van der Waals surface area contributed by atoms with E-state index in [4.69, 9.17) is 17.2 Å². The molecule has 4 saturated heterocycles. The van der Waals surface area contributed by atoms with Gasteiger partial charge >= 0.3 is 11.9 Å². The molecule has 5 aromatic rings. The molecule has 0 aliphatic carbocycles. The summed E-state index contributed by atoms with van der Waals surface area (Å²) in [7, 11) is 2.62. The van der Waals surface area contributed by atoms with Gasteiger partial charge < -0.3 is 120 Å². The number of amides is 17. The van der Waals surface area contributed by atoms with Crippen molar-refractivity contribution in [2.45, 2.75) is 274 Å². The summed E-state index contributed by atoms with van der Waals surface area (Å²) in [5.74, 6) is -21.3. The number of carbonyl (C=O) groups is 19. The third kappa shape index (κ3) is 29.0. The Morgan fingerprint density at radius 3 is 1.64 bits per heavy atom. The summed E-state index contributed by atoms with van der Waals surface area (Å²) >= 11 is 0. The number of hydrogen-bond acceptors (Lipinski definition) is 21. The second-order valence-corrected chi connectivity index (χ2v) is 36.3. The number of carboxylic acids is 2. The van der Waals surface area contributed by atoms with Crippen LogP contribution in [0, 0.1) is 17.7 Å². The van der Waals surface area contributed by atoms with Crippen LogP contribution in [0.2, 0.25) is 0 Å². The van der Waals surface area contributed by atoms with Crippen molar-refractivity contribution < 1.29 is 111 Å². The predicted octanol–water partition coefficient (Wildman–Crippen LogP) is -1.10. The maximum atomic E-state index is 15.9. The molecule has 20 N–H and O–H groups in total. The minimum atomic E-state index is -2.00. The lowest BCUT2D eigenvalue weighted by atomic mass is 9.97. The van der Waals surface area contributed by atoms with Crippen molar-refractivity contribution in [2.75, 3.05) is 46.8 Å². The first-order valence-corrected chi connectivity index (χ1v) is 46.3. The van der Waals surface area contributed by atoms with Crippen LogP contribution < -0.4 is 70.4 Å². The molecular weight excluding hydrogens is 1770 g/mol. The molecule has 15 atom stereocenters. The Morgan fingerprint density at radius 2 is 1.01 bits per heavy atom. The summed E-state index contributed by atoms with van der Waals surface area (Å²) in [6, 6.07) is -4.39. The summed E-state index contributed by atoms with van der Waals surface area (Å²) in [5.41, 5.74) is 19.4. The van der Waals surface area contributed by atoms with Crippen LogP contribution in [0.15, 0.2) is 85.2 Å². The number of aliphatic hydroxyl groups is 1. The van der Waals surface area contributed by atoms with Crippen molar-refractivity contribution in [1.82, 2.24) is 87.2 Å². The highest BCUT2D eigenvalue weighted by Crippen LogP contribution is 2.30. The van der Waals surface area contributed by atoms with Crippen LogP contribution >= 0.6 is 0 Å². The zero-order valence-electron chi connectivity index (χ0n) is 77.9. The van der Waals surface area contributed by atoms with E-state index in [2.05, 4.69) is 58.2 Å². The van der Waals surface area contributed by atoms with Crippen LogP contribution in [0.3, 0.4) is 0 Å². The summed E-state index contributed by atoms with van der Waals surface area (Å²) < 4.78 is 15.8. The van der Waals surface area contributed by atoms with Crippen molar-refractivity contribution in [1.29, 1.82) is 0 Å². The Hall–Kier alpha value is -13.5. The number of fused-ring (bicyclic) bond motifs is 5. The Balaban J connectivity index is 1.12. The first kappa shape index (κ1) is 106. The van der Waals surface area contributed by atoms with Gasteiger partial charge in [-0.1, -0.05) is 116 Å². The number of hydrogen-bond donors (Lipinski definition) is 17. The highest BCUT2D eigenvalue weighted by molar-refractivity contribution is 6.03. The van der Waals surface area contributed by atoms with Crippen LogP contribution in [0.4, 0.5) is 4.39 Å². The lowest BCUT2D eigenvalue weighted by Gasteiger charge is -2.38. The van der Waals surface area contributed by atoms with Crippen LogP contribution in [0.1, 0.15) is 174 Å². The number of rotatable bonds is 26. The number of carbonyl (C=O) groups excluding carboxylic acids is 17. The summed E-state index contributed by atoms with van der Waals surface area (Å²) in [5, 5.41) is 59.3. The number of carboxylic acid groups (broad SMARTS) is 2. The van der Waals surface area contributed by atoms with Gasteiger partial charge in [0, 0.05) is 107 Å². The Morgan fingerprint density at radius 1 is 0.485 bits per heavy atom. The highest BCUT2D eigenvalue weighted by Gasteiger charge is 2.48. The zero-order chi connectivity index (χ0) is 99.6. The van der Waals surface area contributed by atoms with Gasteiger partial charge in [0.25, 0.3) is 0 Å². The molecule has 4 aliphatic heterocycles. The van der Waals surface area contributed by atoms with Gasteiger partial charge in [-0.3, -0.25) is 91.1 Å². The molecule has 17 amide bonds. The number of primary amides is 3. The van der Waals surface area contributed by atoms with Crippen LogP contribution in [0.5, 0.6) is 0 Å². The third-order valence-corrected chi connectivity index (χ3v) is 24.9. The molecule has 43 heteroatoms. The number of aliphatic hydroxyl groups excluding tert-OH is 1. The second kappa shape index (κ2) is 49.7. The molecule has 0 spiro atoms. The summed E-state index contributed by atoms with van der Waals surface area (Å²) in [4.78, 5) is 285. The Kier molecular flexibility index (Phi) is 38.8. The molecule has 6 heterocycles. The number of nitrogens with zero attached hydrogens (tertiary/aromatic N) is 6. The van der Waals surface area contributed by atoms with Crippen LogP contribution in [-0.2, 0) is 117 Å². The van der Waals surface area contributed by atoms with E-state index < -0.39 is 279 Å². The van der Waals surface area contributed by atoms with Gasteiger partial charge in [0.15, 0.2) is 0 Å². The molecule has 42 nitrogen and oxygen atoms in total. The number of aromatic amines is 1. The van der Waals surface area contributed by atoms with Gasteiger partial charge in [-0.25, -0.2) is 4.39 Å². The maximum Gasteiger partial charge on any atom is 0.323 e. The van der Waals surface area contributed by atoms with E-state index in [0.717, 1.165) is 36.6 Å². The standard InChI is InChI=1S/C93H129FN20O22/c1-9-11-23-70-85(128)103-61(36-50(3)4)82(125)108-68(80(97)123)45-98-46-77(118)100-65(38-52-28-30-55(94)31-29-52)90(133)112-34-18-17-26-71(112)87(130)107-67(43-78(119)120)91(134)113-35-19-27-72(113)86(129)101-60(32-33-75(95)116)81(124)105-64(37-51(5)6)92(135)114-48-56(115)41-74(114)88(131)104-62(39-53-44-99-59-22-15-13-20-57(53)59)83(126)102-63(42-76(96)117)84(127)106-66(89(132)110(8)73(24-12-10-2)93(136)109(70)7)40-54-47-111(49-79(121)122)69-25-16-14-21-58(54)69/h13-16,20-22,25,28-31,44,47,50-51,56,60-68,70-74,98-99,115H,9-12,17-19,23-24,26-27,32-43,45-46,48-49H2,1-8H3,(H2,95,116)(H2,96,117)(H2,97,123)(H,100,118)(H,101,129)(H,102,126)(H,103,128)(H,104,131)(H,105,124)(H,106,127)(H,107,130)(H,108,125)(H,119,120)(H,121,122)/t56-,60+,61+,62+,63+,64+,65+,66+,67+,68+,70+,71+,72+,73+,74+/m1/s1. The minimum Gasteiger partial charge on any atom is -0.481 e. The van der Waals surface area contributed by atoms with E-state index >= 15 is 38.4 Å². The molecule has 2 aromatic heterocycles. The lowest BCUT2D eigenvalue weighted by molar-refractivity contribution is -0.149. The van der Waals surface area contributed by atoms with Gasteiger partial charge in [-0.15, -0.1) is 0 Å². The molecular formula is C93H129FN20O22. The third-order valence-electron chi connectivity index (χ3n) is 24.9. The number of benzene rings is 3. The minimum absolute atomic E-state index is 0.0125. The van der Waals surface area contributed by atoms with Gasteiger partial charge in [0.05, 0.1) is 25.5 Å². The largest absolute Gasteiger partial charge is 0.481 e. The zero-order valence-corrected chi connectivity index (χ0v) is 77.9. The number of aliphatic carboxylic acids is 2. The number of likely N-dealkylation sites (N-methyl/N-ethyl adjacent to an activating group) is 2. The molecule has 136 heavy (non-hydrogen) atoms. The molecule has 3 aromatic carbocycles. The lowest BCUT2D eigenvalue weighted by Crippen LogP contribution is -2.61. The number of aromatic nitrogens is 2. The molecule has 0 bridgehead atoms. The van der Waals surface area contributed by atoms with Crippen molar-refractivity contribution in [3.8, 4) is 0 Å². The molecule has 4 fully saturated rings.